The van der Waals surface area contributed by atoms with Crippen molar-refractivity contribution in [3.05, 3.63) is 46.2 Å². The number of aryl methyl sites for hydroxylation is 1. The second-order valence-electron chi connectivity index (χ2n) is 4.52. The molecular weight excluding hydrogens is 302 g/mol. The van der Waals surface area contributed by atoms with E-state index >= 15 is 0 Å². The fraction of sp³-hybridized carbons (Fsp3) is 0.333. The molecule has 19 heavy (non-hydrogen) atoms. The molecule has 0 aliphatic heterocycles. The van der Waals surface area contributed by atoms with E-state index in [0.29, 0.717) is 0 Å². The SMILES string of the molecule is CCNC(C)c1cnc(-c2ccc(Br)cc2)nc1C. The van der Waals surface area contributed by atoms with Gasteiger partial charge in [-0.1, -0.05) is 35.0 Å². The molecule has 0 saturated carbocycles. The maximum atomic E-state index is 4.61. The number of hydrogen-bond acceptors (Lipinski definition) is 3. The summed E-state index contributed by atoms with van der Waals surface area (Å²) in [5.74, 6) is 0.775. The highest BCUT2D eigenvalue weighted by atomic mass is 79.9. The maximum Gasteiger partial charge on any atom is 0.159 e. The average Bonchev–Trinajstić information content (AvgIpc) is 2.39. The minimum Gasteiger partial charge on any atom is -0.310 e. The standard InChI is InChI=1S/C15H18BrN3/c1-4-17-10(2)14-9-18-15(19-11(14)3)12-5-7-13(16)8-6-12/h5-10,17H,4H2,1-3H3. The highest BCUT2D eigenvalue weighted by molar-refractivity contribution is 9.10. The van der Waals surface area contributed by atoms with Crippen molar-refractivity contribution in [2.24, 2.45) is 0 Å². The quantitative estimate of drug-likeness (QED) is 0.929. The molecule has 0 radical (unpaired) electrons. The molecule has 100 valence electrons. The van der Waals surface area contributed by atoms with Crippen LogP contribution in [0.25, 0.3) is 11.4 Å². The molecule has 0 spiro atoms. The van der Waals surface area contributed by atoms with E-state index in [-0.39, 0.29) is 6.04 Å². The molecule has 0 saturated heterocycles. The van der Waals surface area contributed by atoms with Gasteiger partial charge in [-0.3, -0.25) is 0 Å². The predicted octanol–water partition coefficient (Wildman–Crippen LogP) is 3.89. The summed E-state index contributed by atoms with van der Waals surface area (Å²) >= 11 is 3.43. The number of hydrogen-bond donors (Lipinski definition) is 1. The van der Waals surface area contributed by atoms with Gasteiger partial charge in [-0.15, -0.1) is 0 Å². The van der Waals surface area contributed by atoms with Crippen LogP contribution in [-0.2, 0) is 0 Å². The lowest BCUT2D eigenvalue weighted by atomic mass is 10.1. The minimum atomic E-state index is 0.281. The van der Waals surface area contributed by atoms with E-state index in [0.717, 1.165) is 33.7 Å². The third-order valence-electron chi connectivity index (χ3n) is 3.10. The molecule has 1 N–H and O–H groups in total. The summed E-state index contributed by atoms with van der Waals surface area (Å²) in [4.78, 5) is 9.09. The van der Waals surface area contributed by atoms with Gasteiger partial charge in [0.05, 0.1) is 0 Å². The molecule has 1 aromatic carbocycles. The zero-order chi connectivity index (χ0) is 13.8. The topological polar surface area (TPSA) is 37.8 Å². The van der Waals surface area contributed by atoms with Gasteiger partial charge in [0.15, 0.2) is 5.82 Å². The summed E-state index contributed by atoms with van der Waals surface area (Å²) in [6.45, 7) is 7.21. The molecule has 0 fully saturated rings. The Labute approximate surface area is 122 Å². The molecule has 1 unspecified atom stereocenters. The van der Waals surface area contributed by atoms with Crippen LogP contribution in [0.15, 0.2) is 34.9 Å². The first-order chi connectivity index (χ1) is 9.11. The average molecular weight is 320 g/mol. The lowest BCUT2D eigenvalue weighted by molar-refractivity contribution is 0.590. The van der Waals surface area contributed by atoms with Crippen molar-refractivity contribution in [3.8, 4) is 11.4 Å². The molecule has 1 atom stereocenters. The molecule has 0 bridgehead atoms. The van der Waals surface area contributed by atoms with E-state index in [1.807, 2.05) is 37.4 Å². The van der Waals surface area contributed by atoms with Crippen molar-refractivity contribution in [1.29, 1.82) is 0 Å². The van der Waals surface area contributed by atoms with E-state index in [9.17, 15) is 0 Å². The Bertz CT molecular complexity index is 552. The number of benzene rings is 1. The first-order valence-corrected chi connectivity index (χ1v) is 7.24. The summed E-state index contributed by atoms with van der Waals surface area (Å²) in [6, 6.07) is 8.33. The third-order valence-corrected chi connectivity index (χ3v) is 3.63. The summed E-state index contributed by atoms with van der Waals surface area (Å²) in [5, 5.41) is 3.38. The van der Waals surface area contributed by atoms with Crippen molar-refractivity contribution in [1.82, 2.24) is 15.3 Å². The molecule has 1 aromatic heterocycles. The van der Waals surface area contributed by atoms with Gasteiger partial charge < -0.3 is 5.32 Å². The van der Waals surface area contributed by atoms with Crippen LogP contribution in [0.2, 0.25) is 0 Å². The van der Waals surface area contributed by atoms with Crippen LogP contribution in [0.5, 0.6) is 0 Å². The Balaban J connectivity index is 2.30. The second-order valence-corrected chi connectivity index (χ2v) is 5.44. The Kier molecular flexibility index (Phi) is 4.66. The van der Waals surface area contributed by atoms with Crippen LogP contribution in [0.4, 0.5) is 0 Å². The molecule has 0 aliphatic carbocycles. The molecular formula is C15H18BrN3. The van der Waals surface area contributed by atoms with Crippen LogP contribution >= 0.6 is 15.9 Å². The van der Waals surface area contributed by atoms with Crippen molar-refractivity contribution < 1.29 is 0 Å². The van der Waals surface area contributed by atoms with Crippen LogP contribution in [0, 0.1) is 6.92 Å². The monoisotopic (exact) mass is 319 g/mol. The Hall–Kier alpha value is -1.26. The third kappa shape index (κ3) is 3.39. The number of nitrogens with zero attached hydrogens (tertiary/aromatic N) is 2. The first kappa shape index (κ1) is 14.2. The lowest BCUT2D eigenvalue weighted by Gasteiger charge is -2.15. The fourth-order valence-corrected chi connectivity index (χ4v) is 2.32. The van der Waals surface area contributed by atoms with Gasteiger partial charge in [0.2, 0.25) is 0 Å². The molecule has 2 aromatic rings. The van der Waals surface area contributed by atoms with E-state index in [1.165, 1.54) is 0 Å². The summed E-state index contributed by atoms with van der Waals surface area (Å²) in [7, 11) is 0. The van der Waals surface area contributed by atoms with Gasteiger partial charge in [-0.2, -0.15) is 0 Å². The molecule has 0 aliphatic rings. The maximum absolute atomic E-state index is 4.61. The van der Waals surface area contributed by atoms with Crippen LogP contribution < -0.4 is 5.32 Å². The van der Waals surface area contributed by atoms with Crippen LogP contribution in [0.3, 0.4) is 0 Å². The smallest absolute Gasteiger partial charge is 0.159 e. The molecule has 2 rings (SSSR count). The second kappa shape index (κ2) is 6.26. The highest BCUT2D eigenvalue weighted by Gasteiger charge is 2.10. The van der Waals surface area contributed by atoms with E-state index in [4.69, 9.17) is 0 Å². The first-order valence-electron chi connectivity index (χ1n) is 6.44. The largest absolute Gasteiger partial charge is 0.310 e. The highest BCUT2D eigenvalue weighted by Crippen LogP contribution is 2.21. The Morgan fingerprint density at radius 2 is 1.95 bits per heavy atom. The number of rotatable bonds is 4. The Morgan fingerprint density at radius 1 is 1.26 bits per heavy atom. The fourth-order valence-electron chi connectivity index (χ4n) is 2.06. The molecule has 1 heterocycles. The van der Waals surface area contributed by atoms with Crippen molar-refractivity contribution in [3.63, 3.8) is 0 Å². The summed E-state index contributed by atoms with van der Waals surface area (Å²) in [6.07, 6.45) is 1.92. The predicted molar refractivity (Wildman–Crippen MR) is 82.0 cm³/mol. The van der Waals surface area contributed by atoms with Gasteiger partial charge in [0.1, 0.15) is 0 Å². The minimum absolute atomic E-state index is 0.281. The van der Waals surface area contributed by atoms with Crippen molar-refractivity contribution >= 4 is 15.9 Å². The van der Waals surface area contributed by atoms with Crippen LogP contribution in [-0.4, -0.2) is 16.5 Å². The van der Waals surface area contributed by atoms with Gasteiger partial charge in [0.25, 0.3) is 0 Å². The zero-order valence-corrected chi connectivity index (χ0v) is 13.0. The van der Waals surface area contributed by atoms with Gasteiger partial charge in [-0.25, -0.2) is 9.97 Å². The van der Waals surface area contributed by atoms with E-state index in [1.54, 1.807) is 0 Å². The number of aromatic nitrogens is 2. The van der Waals surface area contributed by atoms with Crippen molar-refractivity contribution in [2.75, 3.05) is 6.54 Å². The van der Waals surface area contributed by atoms with Gasteiger partial charge in [0, 0.05) is 33.5 Å². The molecule has 0 amide bonds. The lowest BCUT2D eigenvalue weighted by Crippen LogP contribution is -2.19. The number of halogens is 1. The van der Waals surface area contributed by atoms with Crippen LogP contribution in [0.1, 0.15) is 31.1 Å². The van der Waals surface area contributed by atoms with E-state index < -0.39 is 0 Å². The number of nitrogens with one attached hydrogen (secondary N) is 1. The van der Waals surface area contributed by atoms with Gasteiger partial charge in [-0.05, 0) is 32.5 Å². The summed E-state index contributed by atoms with van der Waals surface area (Å²) in [5.41, 5.74) is 3.22. The normalized spacial score (nSPS) is 12.4. The molecule has 4 heteroatoms. The Morgan fingerprint density at radius 3 is 2.53 bits per heavy atom. The zero-order valence-electron chi connectivity index (χ0n) is 11.4. The summed E-state index contributed by atoms with van der Waals surface area (Å²) < 4.78 is 1.06. The van der Waals surface area contributed by atoms with Gasteiger partial charge >= 0.3 is 0 Å². The van der Waals surface area contributed by atoms with E-state index in [2.05, 4.69) is 45.1 Å². The molecule has 3 nitrogen and oxygen atoms in total. The van der Waals surface area contributed by atoms with Crippen molar-refractivity contribution in [2.45, 2.75) is 26.8 Å².